The minimum absolute atomic E-state index is 0.0129. The Morgan fingerprint density at radius 2 is 1.74 bits per heavy atom. The molecule has 342 valence electrons. The summed E-state index contributed by atoms with van der Waals surface area (Å²) in [7, 11) is 1.83. The van der Waals surface area contributed by atoms with Crippen molar-refractivity contribution in [1.29, 1.82) is 0 Å². The lowest BCUT2D eigenvalue weighted by Crippen LogP contribution is -2.56. The lowest BCUT2D eigenvalue weighted by atomic mass is 9.86. The van der Waals surface area contributed by atoms with E-state index in [1.54, 1.807) is 23.0 Å². The number of benzene rings is 2. The van der Waals surface area contributed by atoms with Gasteiger partial charge < -0.3 is 24.8 Å². The number of pyridine rings is 1. The summed E-state index contributed by atoms with van der Waals surface area (Å²) in [5.41, 5.74) is 4.57. The Hall–Kier alpha value is -6.23. The number of nitrogens with zero attached hydrogens (tertiary/aromatic N) is 8. The number of carbonyl (C=O) groups excluding carboxylic acids is 4. The molecule has 15 nitrogen and oxygen atoms in total. The number of imide groups is 1. The number of hydrogen-bond acceptors (Lipinski definition) is 11. The Balaban J connectivity index is 0.876. The van der Waals surface area contributed by atoms with Crippen LogP contribution in [0.2, 0.25) is 0 Å². The number of nitrogens with one attached hydrogen (secondary N) is 2. The van der Waals surface area contributed by atoms with Crippen LogP contribution in [0, 0.1) is 30.4 Å². The maximum atomic E-state index is 15.6. The van der Waals surface area contributed by atoms with Crippen molar-refractivity contribution in [3.05, 3.63) is 82.7 Å². The van der Waals surface area contributed by atoms with E-state index in [9.17, 15) is 19.2 Å². The molecule has 9 rings (SSSR count). The molecule has 4 amide bonds. The SMILES string of the molecule is Cc1cc2cc(n1)-c1cnn(C)c1OCCC[C@@H](C)CN1/C(=N/C2=O)Nc2ccc(CN3CCN(C(=O)[C@@H]4CCN(c5cc(F)c([C@H]6CCC(=O)NC6=O)c(F)c5)C4(C)C)C[C@@H]3C)cc21. The molecule has 0 unspecified atom stereocenters. The maximum Gasteiger partial charge on any atom is 0.280 e. The van der Waals surface area contributed by atoms with E-state index in [1.807, 2.05) is 43.7 Å². The van der Waals surface area contributed by atoms with Gasteiger partial charge in [0.25, 0.3) is 5.91 Å². The average Bonchev–Trinajstić information content (AvgIpc) is 3.90. The van der Waals surface area contributed by atoms with E-state index in [1.165, 1.54) is 12.1 Å². The highest BCUT2D eigenvalue weighted by Crippen LogP contribution is 2.42. The monoisotopic (exact) mass is 890 g/mol. The summed E-state index contributed by atoms with van der Waals surface area (Å²) in [6.45, 7) is 14.0. The molecule has 5 aliphatic heterocycles. The Bertz CT molecular complexity index is 2590. The molecule has 4 atom stereocenters. The van der Waals surface area contributed by atoms with Gasteiger partial charge in [0, 0.05) is 86.8 Å². The molecule has 0 aliphatic carbocycles. The molecule has 0 radical (unpaired) electrons. The van der Waals surface area contributed by atoms with Gasteiger partial charge in [0.2, 0.25) is 29.6 Å². The van der Waals surface area contributed by atoms with Crippen LogP contribution in [0.1, 0.15) is 92.9 Å². The topological polar surface area (TPSA) is 158 Å². The van der Waals surface area contributed by atoms with Gasteiger partial charge in [0.1, 0.15) is 11.6 Å². The van der Waals surface area contributed by atoms with Crippen molar-refractivity contribution in [2.75, 3.05) is 54.4 Å². The van der Waals surface area contributed by atoms with E-state index in [2.05, 4.69) is 56.5 Å². The number of fused-ring (bicyclic) bond motifs is 7. The standard InChI is InChI=1S/C48H56F2N10O5/c1-27-8-7-17-65-46-34(23-51-56(46)6)39-20-31(18-28(2)52-39)43(62)55-47-53-38-11-9-30(19-40(38)59(47)24-27)26-57-15-16-58(25-29(57)3)45(64)35-13-14-60(48(35,4)5)32-21-36(49)42(37(50)22-32)33-10-12-41(61)54-44(33)63/h9,11,18-23,27,29,33,35H,7-8,10,12-17,24-26H2,1-6H3,(H,53,55,62)(H,54,61,63)/t27-,29+,33-,35+/m1/s1. The molecular formula is C48H56F2N10O5. The zero-order chi connectivity index (χ0) is 45.9. The fourth-order valence-electron chi connectivity index (χ4n) is 10.3. The third kappa shape index (κ3) is 8.46. The highest BCUT2D eigenvalue weighted by Gasteiger charge is 2.48. The number of aliphatic imine (C=N–C) groups is 1. The number of amides is 4. The molecule has 3 fully saturated rings. The summed E-state index contributed by atoms with van der Waals surface area (Å²) in [5, 5.41) is 10.0. The number of hydrogen-bond donors (Lipinski definition) is 2. The number of halogens is 2. The fraction of sp³-hybridized carbons (Fsp3) is 0.479. The minimum atomic E-state index is -1.08. The Labute approximate surface area is 377 Å². The van der Waals surface area contributed by atoms with Crippen LogP contribution in [0.3, 0.4) is 0 Å². The van der Waals surface area contributed by atoms with Gasteiger partial charge >= 0.3 is 0 Å². The first-order chi connectivity index (χ1) is 31.0. The first kappa shape index (κ1) is 44.0. The van der Waals surface area contributed by atoms with Crippen LogP contribution in [0.4, 0.5) is 25.8 Å². The van der Waals surface area contributed by atoms with Crippen molar-refractivity contribution in [2.24, 2.45) is 23.9 Å². The molecule has 4 aromatic rings. The van der Waals surface area contributed by atoms with E-state index in [0.29, 0.717) is 86.8 Å². The van der Waals surface area contributed by atoms with E-state index in [-0.39, 0.29) is 42.2 Å². The van der Waals surface area contributed by atoms with Crippen LogP contribution in [0.15, 0.2) is 53.7 Å². The molecule has 17 heteroatoms. The molecule has 65 heavy (non-hydrogen) atoms. The average molecular weight is 891 g/mol. The smallest absolute Gasteiger partial charge is 0.280 e. The zero-order valence-electron chi connectivity index (χ0n) is 37.8. The number of piperazine rings is 1. The minimum Gasteiger partial charge on any atom is -0.477 e. The summed E-state index contributed by atoms with van der Waals surface area (Å²) >= 11 is 0. The van der Waals surface area contributed by atoms with Gasteiger partial charge in [-0.3, -0.25) is 34.4 Å². The van der Waals surface area contributed by atoms with Gasteiger partial charge in [-0.25, -0.2) is 13.5 Å². The van der Waals surface area contributed by atoms with Crippen LogP contribution >= 0.6 is 0 Å². The van der Waals surface area contributed by atoms with Crippen molar-refractivity contribution in [1.82, 2.24) is 29.9 Å². The predicted octanol–water partition coefficient (Wildman–Crippen LogP) is 6.16. The zero-order valence-corrected chi connectivity index (χ0v) is 37.8. The van der Waals surface area contributed by atoms with Crippen LogP contribution in [0.25, 0.3) is 11.3 Å². The van der Waals surface area contributed by atoms with Crippen molar-refractivity contribution < 1.29 is 32.7 Å². The van der Waals surface area contributed by atoms with Gasteiger partial charge in [-0.05, 0) is 101 Å². The second kappa shape index (κ2) is 17.3. The van der Waals surface area contributed by atoms with Crippen molar-refractivity contribution in [3.63, 3.8) is 0 Å². The summed E-state index contributed by atoms with van der Waals surface area (Å²) in [4.78, 5) is 69.9. The van der Waals surface area contributed by atoms with Crippen LogP contribution in [-0.2, 0) is 28.0 Å². The Kier molecular flexibility index (Phi) is 11.7. The van der Waals surface area contributed by atoms with Gasteiger partial charge in [-0.1, -0.05) is 13.0 Å². The molecule has 2 bridgehead atoms. The molecule has 0 saturated carbocycles. The maximum absolute atomic E-state index is 15.6. The quantitative estimate of drug-likeness (QED) is 0.221. The largest absolute Gasteiger partial charge is 0.477 e. The van der Waals surface area contributed by atoms with Crippen molar-refractivity contribution in [3.8, 4) is 17.1 Å². The van der Waals surface area contributed by atoms with E-state index >= 15 is 8.78 Å². The first-order valence-electron chi connectivity index (χ1n) is 22.6. The second-order valence-corrected chi connectivity index (χ2v) is 18.9. The van der Waals surface area contributed by atoms with Crippen LogP contribution < -0.4 is 25.2 Å². The van der Waals surface area contributed by atoms with Gasteiger partial charge in [-0.15, -0.1) is 0 Å². The lowest BCUT2D eigenvalue weighted by Gasteiger charge is -2.43. The van der Waals surface area contributed by atoms with E-state index in [4.69, 9.17) is 9.72 Å². The molecule has 5 aliphatic rings. The predicted molar refractivity (Wildman–Crippen MR) is 242 cm³/mol. The molecule has 0 spiro atoms. The van der Waals surface area contributed by atoms with Crippen molar-refractivity contribution in [2.45, 2.75) is 90.8 Å². The van der Waals surface area contributed by atoms with Gasteiger partial charge in [0.05, 0.1) is 47.3 Å². The second-order valence-electron chi connectivity index (χ2n) is 18.9. The first-order valence-corrected chi connectivity index (χ1v) is 22.6. The van der Waals surface area contributed by atoms with E-state index in [0.717, 1.165) is 35.3 Å². The molecule has 2 aromatic carbocycles. The Morgan fingerprint density at radius 1 is 0.954 bits per heavy atom. The third-order valence-electron chi connectivity index (χ3n) is 13.9. The number of guanidine groups is 1. The van der Waals surface area contributed by atoms with Gasteiger partial charge in [0.15, 0.2) is 0 Å². The number of rotatable bonds is 5. The lowest BCUT2D eigenvalue weighted by molar-refractivity contribution is -0.140. The number of anilines is 3. The van der Waals surface area contributed by atoms with Crippen molar-refractivity contribution >= 4 is 46.7 Å². The summed E-state index contributed by atoms with van der Waals surface area (Å²) < 4.78 is 39.1. The van der Waals surface area contributed by atoms with Crippen LogP contribution in [-0.4, -0.2) is 105 Å². The summed E-state index contributed by atoms with van der Waals surface area (Å²) in [6, 6.07) is 12.3. The number of aromatic nitrogens is 3. The molecular weight excluding hydrogens is 835 g/mol. The fourth-order valence-corrected chi connectivity index (χ4v) is 10.3. The normalized spacial score (nSPS) is 24.5. The summed E-state index contributed by atoms with van der Waals surface area (Å²) in [5.74, 6) is -3.36. The highest BCUT2D eigenvalue weighted by molar-refractivity contribution is 6.19. The molecule has 3 saturated heterocycles. The number of ether oxygens (including phenoxy) is 1. The van der Waals surface area contributed by atoms with Gasteiger partial charge in [-0.2, -0.15) is 10.1 Å². The molecule has 2 aromatic heterocycles. The Morgan fingerprint density at radius 3 is 2.49 bits per heavy atom. The number of aryl methyl sites for hydroxylation is 2. The third-order valence-corrected chi connectivity index (χ3v) is 13.9. The van der Waals surface area contributed by atoms with Crippen LogP contribution in [0.5, 0.6) is 5.88 Å². The number of carbonyl (C=O) groups is 4. The highest BCUT2D eigenvalue weighted by atomic mass is 19.1. The molecule has 2 N–H and O–H groups in total. The molecule has 7 heterocycles. The number of piperidine rings is 1. The van der Waals surface area contributed by atoms with E-state index < -0.39 is 40.8 Å². The summed E-state index contributed by atoms with van der Waals surface area (Å²) in [6.07, 6.45) is 4.00.